The lowest BCUT2D eigenvalue weighted by molar-refractivity contribution is -0.138. The fourth-order valence-corrected chi connectivity index (χ4v) is 2.28. The molecule has 0 saturated carbocycles. The van der Waals surface area contributed by atoms with Gasteiger partial charge >= 0.3 is 5.97 Å². The molecule has 0 aliphatic carbocycles. The van der Waals surface area contributed by atoms with Crippen molar-refractivity contribution in [3.05, 3.63) is 59.5 Å². The summed E-state index contributed by atoms with van der Waals surface area (Å²) in [6, 6.07) is 9.29. The van der Waals surface area contributed by atoms with E-state index in [1.165, 1.54) is 12.1 Å². The molecule has 0 spiro atoms. The van der Waals surface area contributed by atoms with Gasteiger partial charge in [0.05, 0.1) is 0 Å². The van der Waals surface area contributed by atoms with E-state index in [4.69, 9.17) is 38.8 Å². The largest absolute Gasteiger partial charge is 0.481 e. The Morgan fingerprint density at radius 2 is 2.04 bits per heavy atom. The maximum Gasteiger partial charge on any atom is 0.314 e. The highest BCUT2D eigenvalue weighted by Crippen LogP contribution is 2.31. The average Bonchev–Trinajstić information content (AvgIpc) is 2.91. The van der Waals surface area contributed by atoms with Crippen LogP contribution in [0.4, 0.5) is 4.39 Å². The first-order valence-corrected chi connectivity index (χ1v) is 7.28. The van der Waals surface area contributed by atoms with Crippen LogP contribution < -0.4 is 10.5 Å². The van der Waals surface area contributed by atoms with Crippen molar-refractivity contribution in [2.24, 2.45) is 5.73 Å². The van der Waals surface area contributed by atoms with E-state index in [0.717, 1.165) is 0 Å². The Labute approximate surface area is 141 Å². The summed E-state index contributed by atoms with van der Waals surface area (Å²) in [6.45, 7) is 0.196. The van der Waals surface area contributed by atoms with Crippen molar-refractivity contribution in [3.63, 3.8) is 0 Å². The number of ether oxygens (including phenoxy) is 1. The smallest absolute Gasteiger partial charge is 0.314 e. The van der Waals surface area contributed by atoms with Crippen LogP contribution in [0, 0.1) is 5.82 Å². The predicted molar refractivity (Wildman–Crippen MR) is 84.1 cm³/mol. The normalized spacial score (nSPS) is 15.9. The second-order valence-electron chi connectivity index (χ2n) is 4.70. The van der Waals surface area contributed by atoms with Crippen molar-refractivity contribution in [2.75, 3.05) is 6.61 Å². The zero-order chi connectivity index (χ0) is 17.0. The zero-order valence-corrected chi connectivity index (χ0v) is 13.3. The summed E-state index contributed by atoms with van der Waals surface area (Å²) in [5.41, 5.74) is 6.01. The standard InChI is InChI=1S/C8H7NO3.C7H6Cl2FN/c10-8(11)6-4-12-7-5(6)2-1-3-9-7;8-7(9,11)5-3-1-2-4-6(5)10/h1-3,6H,4H2,(H,10,11);1-4H,11H2. The van der Waals surface area contributed by atoms with E-state index in [1.807, 2.05) is 0 Å². The van der Waals surface area contributed by atoms with Gasteiger partial charge in [-0.3, -0.25) is 10.5 Å². The molecule has 1 atom stereocenters. The second kappa shape index (κ2) is 7.12. The second-order valence-corrected chi connectivity index (χ2v) is 6.09. The average molecular weight is 359 g/mol. The molecule has 122 valence electrons. The lowest BCUT2D eigenvalue weighted by Crippen LogP contribution is -2.23. The number of carbonyl (C=O) groups is 1. The van der Waals surface area contributed by atoms with Gasteiger partial charge in [0, 0.05) is 17.3 Å². The van der Waals surface area contributed by atoms with E-state index in [9.17, 15) is 9.18 Å². The van der Waals surface area contributed by atoms with Crippen LogP contribution in [0.1, 0.15) is 17.0 Å². The molecule has 2 aromatic rings. The van der Waals surface area contributed by atoms with Gasteiger partial charge in [0.2, 0.25) is 5.88 Å². The minimum absolute atomic E-state index is 0.0864. The van der Waals surface area contributed by atoms with Crippen molar-refractivity contribution < 1.29 is 19.0 Å². The molecule has 3 rings (SSSR count). The van der Waals surface area contributed by atoms with Crippen LogP contribution in [0.3, 0.4) is 0 Å². The molecule has 0 amide bonds. The van der Waals surface area contributed by atoms with Gasteiger partial charge in [-0.2, -0.15) is 0 Å². The van der Waals surface area contributed by atoms with Gasteiger partial charge < -0.3 is 9.84 Å². The predicted octanol–water partition coefficient (Wildman–Crippen LogP) is 3.01. The number of nitrogens with two attached hydrogens (primary N) is 1. The topological polar surface area (TPSA) is 85.4 Å². The summed E-state index contributed by atoms with van der Waals surface area (Å²) in [4.78, 5) is 14.6. The maximum absolute atomic E-state index is 12.8. The minimum atomic E-state index is -1.65. The number of carboxylic acid groups (broad SMARTS) is 1. The molecule has 8 heteroatoms. The van der Waals surface area contributed by atoms with Crippen molar-refractivity contribution in [1.29, 1.82) is 0 Å². The Balaban J connectivity index is 0.000000168. The van der Waals surface area contributed by atoms with Crippen LogP contribution in [0.25, 0.3) is 0 Å². The van der Waals surface area contributed by atoms with Crippen molar-refractivity contribution in [2.45, 2.75) is 10.4 Å². The molecule has 2 heterocycles. The number of nitrogens with zero attached hydrogens (tertiary/aromatic N) is 1. The highest BCUT2D eigenvalue weighted by Gasteiger charge is 2.30. The Bertz CT molecular complexity index is 707. The Kier molecular flexibility index (Phi) is 5.41. The third-order valence-electron chi connectivity index (χ3n) is 3.09. The van der Waals surface area contributed by atoms with Crippen LogP contribution in [0.15, 0.2) is 42.6 Å². The number of aromatic nitrogens is 1. The van der Waals surface area contributed by atoms with E-state index >= 15 is 0 Å². The SMILES string of the molecule is NC(Cl)(Cl)c1ccccc1F.O=C(O)C1COc2ncccc21. The van der Waals surface area contributed by atoms with Gasteiger partial charge in [-0.15, -0.1) is 0 Å². The van der Waals surface area contributed by atoms with Crippen LogP contribution in [0.5, 0.6) is 5.88 Å². The molecular formula is C15H13Cl2FN2O3. The van der Waals surface area contributed by atoms with E-state index in [-0.39, 0.29) is 12.2 Å². The van der Waals surface area contributed by atoms with Crippen LogP contribution in [0.2, 0.25) is 0 Å². The Morgan fingerprint density at radius 3 is 2.61 bits per heavy atom. The maximum atomic E-state index is 12.8. The number of pyridine rings is 1. The van der Waals surface area contributed by atoms with Crippen LogP contribution >= 0.6 is 23.2 Å². The Hall–Kier alpha value is -1.89. The molecule has 1 aromatic carbocycles. The number of rotatable bonds is 2. The molecular weight excluding hydrogens is 346 g/mol. The molecule has 1 aliphatic rings. The lowest BCUT2D eigenvalue weighted by atomic mass is 10.0. The molecule has 1 unspecified atom stereocenters. The minimum Gasteiger partial charge on any atom is -0.481 e. The summed E-state index contributed by atoms with van der Waals surface area (Å²) >= 11 is 10.9. The van der Waals surface area contributed by atoms with Crippen LogP contribution in [-0.4, -0.2) is 22.7 Å². The van der Waals surface area contributed by atoms with Crippen LogP contribution in [-0.2, 0) is 9.25 Å². The number of hydrogen-bond donors (Lipinski definition) is 2. The van der Waals surface area contributed by atoms with Gasteiger partial charge in [-0.25, -0.2) is 9.37 Å². The van der Waals surface area contributed by atoms with E-state index in [2.05, 4.69) is 4.98 Å². The Morgan fingerprint density at radius 1 is 1.35 bits per heavy atom. The third-order valence-corrected chi connectivity index (χ3v) is 3.50. The molecule has 3 N–H and O–H groups in total. The first-order valence-electron chi connectivity index (χ1n) is 6.53. The quantitative estimate of drug-likeness (QED) is 0.636. The number of carboxylic acids is 1. The molecule has 0 saturated heterocycles. The van der Waals surface area contributed by atoms with Gasteiger partial charge in [0.1, 0.15) is 18.3 Å². The number of halogens is 3. The molecule has 1 aromatic heterocycles. The summed E-state index contributed by atoms with van der Waals surface area (Å²) in [6.07, 6.45) is 1.59. The number of fused-ring (bicyclic) bond motifs is 1. The van der Waals surface area contributed by atoms with Gasteiger partial charge in [-0.05, 0) is 12.1 Å². The summed E-state index contributed by atoms with van der Waals surface area (Å²) in [7, 11) is 0. The van der Waals surface area contributed by atoms with Crippen molar-refractivity contribution in [3.8, 4) is 5.88 Å². The molecule has 0 fully saturated rings. The molecule has 5 nitrogen and oxygen atoms in total. The third kappa shape index (κ3) is 4.31. The van der Waals surface area contributed by atoms with Crippen molar-refractivity contribution in [1.82, 2.24) is 4.98 Å². The van der Waals surface area contributed by atoms with Gasteiger partial charge in [0.25, 0.3) is 0 Å². The summed E-state index contributed by atoms with van der Waals surface area (Å²) in [5, 5.41) is 8.75. The molecule has 0 bridgehead atoms. The number of hydrogen-bond acceptors (Lipinski definition) is 4. The molecule has 0 radical (unpaired) electrons. The first-order chi connectivity index (χ1) is 10.8. The van der Waals surface area contributed by atoms with E-state index < -0.39 is 22.2 Å². The van der Waals surface area contributed by atoms with Gasteiger partial charge in [0.15, 0.2) is 4.46 Å². The number of benzene rings is 1. The fraction of sp³-hybridized carbons (Fsp3) is 0.200. The molecule has 23 heavy (non-hydrogen) atoms. The lowest BCUT2D eigenvalue weighted by Gasteiger charge is -2.13. The highest BCUT2D eigenvalue weighted by atomic mass is 35.5. The molecule has 1 aliphatic heterocycles. The monoisotopic (exact) mass is 358 g/mol. The summed E-state index contributed by atoms with van der Waals surface area (Å²) in [5.74, 6) is -1.46. The fourth-order valence-electron chi connectivity index (χ4n) is 1.98. The van der Waals surface area contributed by atoms with Crippen molar-refractivity contribution >= 4 is 29.2 Å². The highest BCUT2D eigenvalue weighted by molar-refractivity contribution is 6.47. The van der Waals surface area contributed by atoms with Gasteiger partial charge in [-0.1, -0.05) is 47.5 Å². The van der Waals surface area contributed by atoms with E-state index in [0.29, 0.717) is 11.4 Å². The van der Waals surface area contributed by atoms with E-state index in [1.54, 1.807) is 30.5 Å². The zero-order valence-electron chi connectivity index (χ0n) is 11.7. The first kappa shape index (κ1) is 17.5. The number of aliphatic carboxylic acids is 1. The summed E-state index contributed by atoms with van der Waals surface area (Å²) < 4.78 is 16.3. The number of alkyl halides is 2.